The molecule has 0 N–H and O–H groups in total. The van der Waals surface area contributed by atoms with E-state index in [-0.39, 0.29) is 18.0 Å². The van der Waals surface area contributed by atoms with Crippen LogP contribution in [0.25, 0.3) is 11.1 Å². The predicted molar refractivity (Wildman–Crippen MR) is 69.3 cm³/mol. The second-order valence-electron chi connectivity index (χ2n) is 4.12. The third kappa shape index (κ3) is 2.88. The Kier molecular flexibility index (Phi) is 3.63. The number of rotatable bonds is 4. The van der Waals surface area contributed by atoms with Gasteiger partial charge in [0.1, 0.15) is 5.78 Å². The highest BCUT2D eigenvalue weighted by molar-refractivity contribution is 6.07. The minimum absolute atomic E-state index is 0.0331. The number of aromatic nitrogens is 1. The summed E-state index contributed by atoms with van der Waals surface area (Å²) < 4.78 is 0. The number of benzene rings is 1. The van der Waals surface area contributed by atoms with Gasteiger partial charge in [-0.1, -0.05) is 24.3 Å². The van der Waals surface area contributed by atoms with E-state index in [1.807, 2.05) is 24.3 Å². The van der Waals surface area contributed by atoms with Crippen molar-refractivity contribution in [3.63, 3.8) is 0 Å². The third-order valence-corrected chi connectivity index (χ3v) is 2.63. The van der Waals surface area contributed by atoms with E-state index in [2.05, 4.69) is 4.98 Å². The largest absolute Gasteiger partial charge is 0.300 e. The van der Waals surface area contributed by atoms with Crippen LogP contribution in [0.3, 0.4) is 0 Å². The molecule has 2 aromatic rings. The van der Waals surface area contributed by atoms with Gasteiger partial charge in [0.25, 0.3) is 0 Å². The van der Waals surface area contributed by atoms with Crippen molar-refractivity contribution < 1.29 is 9.59 Å². The maximum absolute atomic E-state index is 11.7. The second-order valence-corrected chi connectivity index (χ2v) is 4.12. The van der Waals surface area contributed by atoms with Gasteiger partial charge in [0, 0.05) is 18.0 Å². The molecule has 1 aromatic carbocycles. The van der Waals surface area contributed by atoms with Crippen LogP contribution < -0.4 is 0 Å². The summed E-state index contributed by atoms with van der Waals surface area (Å²) in [7, 11) is 0. The molecule has 0 spiro atoms. The molecule has 0 fully saturated rings. The summed E-state index contributed by atoms with van der Waals surface area (Å²) in [6, 6.07) is 11.1. The van der Waals surface area contributed by atoms with Crippen LogP contribution in [0.1, 0.15) is 23.7 Å². The topological polar surface area (TPSA) is 47.0 Å². The molecule has 90 valence electrons. The average Bonchev–Trinajstić information content (AvgIpc) is 2.39. The molecule has 3 heteroatoms. The number of nitrogens with zero attached hydrogens (tertiary/aromatic N) is 1. The maximum atomic E-state index is 11.7. The molecule has 0 aliphatic heterocycles. The van der Waals surface area contributed by atoms with E-state index in [1.54, 1.807) is 24.5 Å². The van der Waals surface area contributed by atoms with Crippen LogP contribution in [-0.2, 0) is 4.79 Å². The average molecular weight is 239 g/mol. The lowest BCUT2D eigenvalue weighted by atomic mass is 10.0. The number of carbonyl (C=O) groups is 2. The molecule has 0 aliphatic rings. The van der Waals surface area contributed by atoms with Crippen molar-refractivity contribution >= 4 is 11.6 Å². The van der Waals surface area contributed by atoms with E-state index in [9.17, 15) is 9.59 Å². The first-order chi connectivity index (χ1) is 8.66. The van der Waals surface area contributed by atoms with Crippen molar-refractivity contribution in [2.24, 2.45) is 0 Å². The minimum Gasteiger partial charge on any atom is -0.300 e. The SMILES string of the molecule is CC(=O)CC(=O)c1ccc(-c2ccncc2)cc1. The molecule has 18 heavy (non-hydrogen) atoms. The Bertz CT molecular complexity index is 559. The molecule has 0 amide bonds. The van der Waals surface area contributed by atoms with Crippen LogP contribution in [0.5, 0.6) is 0 Å². The molecular formula is C15H13NO2. The van der Waals surface area contributed by atoms with Crippen LogP contribution in [0, 0.1) is 0 Å². The summed E-state index contributed by atoms with van der Waals surface area (Å²) in [5.74, 6) is -0.248. The van der Waals surface area contributed by atoms with Gasteiger partial charge in [0.15, 0.2) is 5.78 Å². The molecule has 3 nitrogen and oxygen atoms in total. The first kappa shape index (κ1) is 12.2. The quantitative estimate of drug-likeness (QED) is 0.608. The van der Waals surface area contributed by atoms with Crippen molar-refractivity contribution in [2.75, 3.05) is 0 Å². The Labute approximate surface area is 105 Å². The zero-order chi connectivity index (χ0) is 13.0. The first-order valence-corrected chi connectivity index (χ1v) is 5.70. The first-order valence-electron chi connectivity index (χ1n) is 5.70. The Balaban J connectivity index is 2.20. The standard InChI is InChI=1S/C15H13NO2/c1-11(17)10-15(18)14-4-2-12(3-5-14)13-6-8-16-9-7-13/h2-9H,10H2,1H3. The van der Waals surface area contributed by atoms with E-state index in [0.717, 1.165) is 11.1 Å². The summed E-state index contributed by atoms with van der Waals surface area (Å²) in [6.07, 6.45) is 3.42. The van der Waals surface area contributed by atoms with Crippen LogP contribution in [0.15, 0.2) is 48.8 Å². The van der Waals surface area contributed by atoms with E-state index in [0.29, 0.717) is 5.56 Å². The maximum Gasteiger partial charge on any atom is 0.170 e. The third-order valence-electron chi connectivity index (χ3n) is 2.63. The molecule has 0 aliphatic carbocycles. The van der Waals surface area contributed by atoms with Crippen LogP contribution in [0.4, 0.5) is 0 Å². The van der Waals surface area contributed by atoms with Crippen molar-refractivity contribution in [2.45, 2.75) is 13.3 Å². The molecule has 1 heterocycles. The normalized spacial score (nSPS) is 10.1. The Morgan fingerprint density at radius 1 is 0.944 bits per heavy atom. The fourth-order valence-corrected chi connectivity index (χ4v) is 1.72. The zero-order valence-electron chi connectivity index (χ0n) is 10.1. The molecule has 2 rings (SSSR count). The van der Waals surface area contributed by atoms with Crippen molar-refractivity contribution in [3.8, 4) is 11.1 Å². The van der Waals surface area contributed by atoms with Gasteiger partial charge in [-0.25, -0.2) is 0 Å². The number of Topliss-reactive ketones (excluding diaryl/α,β-unsaturated/α-hetero) is 2. The van der Waals surface area contributed by atoms with Gasteiger partial charge in [-0.3, -0.25) is 14.6 Å². The van der Waals surface area contributed by atoms with Gasteiger partial charge >= 0.3 is 0 Å². The lowest BCUT2D eigenvalue weighted by Crippen LogP contribution is -2.04. The van der Waals surface area contributed by atoms with Crippen LogP contribution in [0.2, 0.25) is 0 Å². The Morgan fingerprint density at radius 2 is 1.50 bits per heavy atom. The van der Waals surface area contributed by atoms with E-state index in [4.69, 9.17) is 0 Å². The van der Waals surface area contributed by atoms with E-state index >= 15 is 0 Å². The highest BCUT2D eigenvalue weighted by atomic mass is 16.1. The fraction of sp³-hybridized carbons (Fsp3) is 0.133. The number of hydrogen-bond donors (Lipinski definition) is 0. The minimum atomic E-state index is -0.135. The summed E-state index contributed by atoms with van der Waals surface area (Å²) >= 11 is 0. The summed E-state index contributed by atoms with van der Waals surface area (Å²) in [5.41, 5.74) is 2.65. The van der Waals surface area contributed by atoms with E-state index in [1.165, 1.54) is 6.92 Å². The summed E-state index contributed by atoms with van der Waals surface area (Å²) in [5, 5.41) is 0. The highest BCUT2D eigenvalue weighted by Gasteiger charge is 2.08. The molecule has 0 unspecified atom stereocenters. The molecule has 0 saturated carbocycles. The van der Waals surface area contributed by atoms with Gasteiger partial charge in [0.05, 0.1) is 6.42 Å². The fourth-order valence-electron chi connectivity index (χ4n) is 1.72. The van der Waals surface area contributed by atoms with Gasteiger partial charge in [-0.15, -0.1) is 0 Å². The molecule has 0 radical (unpaired) electrons. The van der Waals surface area contributed by atoms with Gasteiger partial charge in [-0.05, 0) is 30.2 Å². The predicted octanol–water partition coefficient (Wildman–Crippen LogP) is 2.91. The summed E-state index contributed by atoms with van der Waals surface area (Å²) in [6.45, 7) is 1.42. The second kappa shape index (κ2) is 5.36. The number of carbonyl (C=O) groups excluding carboxylic acids is 2. The number of hydrogen-bond acceptors (Lipinski definition) is 3. The van der Waals surface area contributed by atoms with Crippen LogP contribution >= 0.6 is 0 Å². The van der Waals surface area contributed by atoms with E-state index < -0.39 is 0 Å². The molecule has 1 aromatic heterocycles. The van der Waals surface area contributed by atoms with Gasteiger partial charge in [0.2, 0.25) is 0 Å². The van der Waals surface area contributed by atoms with Crippen molar-refractivity contribution in [1.82, 2.24) is 4.98 Å². The van der Waals surface area contributed by atoms with Crippen LogP contribution in [-0.4, -0.2) is 16.6 Å². The summed E-state index contributed by atoms with van der Waals surface area (Å²) in [4.78, 5) is 26.5. The van der Waals surface area contributed by atoms with Gasteiger partial charge < -0.3 is 0 Å². The number of pyridine rings is 1. The smallest absolute Gasteiger partial charge is 0.170 e. The molecule has 0 saturated heterocycles. The zero-order valence-corrected chi connectivity index (χ0v) is 10.1. The van der Waals surface area contributed by atoms with Gasteiger partial charge in [-0.2, -0.15) is 0 Å². The highest BCUT2D eigenvalue weighted by Crippen LogP contribution is 2.19. The number of ketones is 2. The lowest BCUT2D eigenvalue weighted by Gasteiger charge is -2.03. The molecular weight excluding hydrogens is 226 g/mol. The lowest BCUT2D eigenvalue weighted by molar-refractivity contribution is -0.116. The van der Waals surface area contributed by atoms with Crippen molar-refractivity contribution in [3.05, 3.63) is 54.4 Å². The monoisotopic (exact) mass is 239 g/mol. The van der Waals surface area contributed by atoms with Crippen molar-refractivity contribution in [1.29, 1.82) is 0 Å². The Morgan fingerprint density at radius 3 is 2.06 bits per heavy atom. The molecule has 0 bridgehead atoms. The molecule has 0 atom stereocenters. The Hall–Kier alpha value is -2.29.